The van der Waals surface area contributed by atoms with Crippen molar-refractivity contribution in [2.45, 2.75) is 32.2 Å². The van der Waals surface area contributed by atoms with Gasteiger partial charge in [-0.25, -0.2) is 4.79 Å². The number of esters is 1. The first kappa shape index (κ1) is 15.6. The Balaban J connectivity index is 2.86. The molecule has 0 radical (unpaired) electrons. The average molecular weight is 282 g/mol. The van der Waals surface area contributed by atoms with E-state index in [0.29, 0.717) is 18.1 Å². The molecule has 0 aromatic heterocycles. The summed E-state index contributed by atoms with van der Waals surface area (Å²) in [6.07, 6.45) is 3.15. The molecule has 0 amide bonds. The molecule has 1 atom stereocenters. The first-order valence-corrected chi connectivity index (χ1v) is 6.71. The smallest absolute Gasteiger partial charge is 0.331 e. The van der Waals surface area contributed by atoms with Crippen molar-refractivity contribution in [2.24, 2.45) is 0 Å². The topological polar surface area (TPSA) is 38.3 Å². The largest absolute Gasteiger partial charge is 0.464 e. The van der Waals surface area contributed by atoms with Gasteiger partial charge in [0.05, 0.1) is 6.61 Å². The number of anilines is 1. The van der Waals surface area contributed by atoms with Gasteiger partial charge in [-0.3, -0.25) is 0 Å². The SMILES string of the molecule is C=CCCC(C)(Nc1ccc(Cl)cc1)C(=O)OCC. The van der Waals surface area contributed by atoms with Gasteiger partial charge in [0.25, 0.3) is 0 Å². The maximum absolute atomic E-state index is 12.1. The van der Waals surface area contributed by atoms with Crippen LogP contribution in [0.2, 0.25) is 5.02 Å². The van der Waals surface area contributed by atoms with Crippen molar-refractivity contribution in [2.75, 3.05) is 11.9 Å². The molecule has 0 aliphatic heterocycles. The Hall–Kier alpha value is -1.48. The summed E-state index contributed by atoms with van der Waals surface area (Å²) in [6, 6.07) is 7.24. The lowest BCUT2D eigenvalue weighted by Gasteiger charge is -2.29. The van der Waals surface area contributed by atoms with E-state index in [9.17, 15) is 4.79 Å². The zero-order valence-corrected chi connectivity index (χ0v) is 12.2. The maximum atomic E-state index is 12.1. The summed E-state index contributed by atoms with van der Waals surface area (Å²) in [5.74, 6) is -0.258. The third-order valence-electron chi connectivity index (χ3n) is 2.84. The normalized spacial score (nSPS) is 13.4. The van der Waals surface area contributed by atoms with E-state index in [1.54, 1.807) is 25.1 Å². The van der Waals surface area contributed by atoms with Crippen LogP contribution < -0.4 is 5.32 Å². The van der Waals surface area contributed by atoms with E-state index >= 15 is 0 Å². The Morgan fingerprint density at radius 1 is 1.47 bits per heavy atom. The fraction of sp³-hybridized carbons (Fsp3) is 0.400. The minimum Gasteiger partial charge on any atom is -0.464 e. The highest BCUT2D eigenvalue weighted by Gasteiger charge is 2.33. The Kier molecular flexibility index (Phi) is 5.90. The van der Waals surface area contributed by atoms with Crippen LogP contribution in [0, 0.1) is 0 Å². The van der Waals surface area contributed by atoms with Gasteiger partial charge in [-0.2, -0.15) is 0 Å². The summed E-state index contributed by atoms with van der Waals surface area (Å²) in [6.45, 7) is 7.69. The maximum Gasteiger partial charge on any atom is 0.331 e. The number of ether oxygens (including phenoxy) is 1. The van der Waals surface area contributed by atoms with Crippen LogP contribution in [0.25, 0.3) is 0 Å². The van der Waals surface area contributed by atoms with Crippen molar-refractivity contribution in [3.05, 3.63) is 41.9 Å². The molecular weight excluding hydrogens is 262 g/mol. The van der Waals surface area contributed by atoms with Crippen molar-refractivity contribution in [1.82, 2.24) is 0 Å². The Bertz CT molecular complexity index is 430. The Labute approximate surface area is 119 Å². The van der Waals surface area contributed by atoms with E-state index in [4.69, 9.17) is 16.3 Å². The molecule has 1 aromatic rings. The van der Waals surface area contributed by atoms with Gasteiger partial charge in [0.15, 0.2) is 0 Å². The molecule has 4 heteroatoms. The Morgan fingerprint density at radius 3 is 2.63 bits per heavy atom. The second-order valence-corrected chi connectivity index (χ2v) is 4.95. The summed E-state index contributed by atoms with van der Waals surface area (Å²) in [5.41, 5.74) is 0.0712. The third kappa shape index (κ3) is 4.60. The van der Waals surface area contributed by atoms with Crippen molar-refractivity contribution in [3.8, 4) is 0 Å². The molecule has 104 valence electrons. The molecule has 0 aliphatic rings. The highest BCUT2D eigenvalue weighted by molar-refractivity contribution is 6.30. The zero-order chi connectivity index (χ0) is 14.3. The van der Waals surface area contributed by atoms with Gasteiger partial charge in [-0.05, 0) is 51.0 Å². The van der Waals surface area contributed by atoms with Crippen LogP contribution in [0.5, 0.6) is 0 Å². The van der Waals surface area contributed by atoms with Crippen LogP contribution in [0.4, 0.5) is 5.69 Å². The number of hydrogen-bond acceptors (Lipinski definition) is 3. The number of rotatable bonds is 7. The van der Waals surface area contributed by atoms with Gasteiger partial charge in [-0.15, -0.1) is 6.58 Å². The molecule has 0 heterocycles. The highest BCUT2D eigenvalue weighted by atomic mass is 35.5. The number of nitrogens with one attached hydrogen (secondary N) is 1. The number of hydrogen-bond donors (Lipinski definition) is 1. The van der Waals surface area contributed by atoms with Gasteiger partial charge < -0.3 is 10.1 Å². The minimum atomic E-state index is -0.766. The predicted molar refractivity (Wildman–Crippen MR) is 79.5 cm³/mol. The highest BCUT2D eigenvalue weighted by Crippen LogP contribution is 2.23. The monoisotopic (exact) mass is 281 g/mol. The van der Waals surface area contributed by atoms with E-state index in [0.717, 1.165) is 12.1 Å². The van der Waals surface area contributed by atoms with Crippen molar-refractivity contribution < 1.29 is 9.53 Å². The summed E-state index contributed by atoms with van der Waals surface area (Å²) >= 11 is 5.85. The molecule has 1 aromatic carbocycles. The van der Waals surface area contributed by atoms with Crippen LogP contribution >= 0.6 is 11.6 Å². The van der Waals surface area contributed by atoms with Crippen molar-refractivity contribution in [3.63, 3.8) is 0 Å². The molecule has 0 saturated heterocycles. The quantitative estimate of drug-likeness (QED) is 0.605. The predicted octanol–water partition coefficient (Wildman–Crippen LogP) is 4.04. The number of halogens is 1. The second-order valence-electron chi connectivity index (χ2n) is 4.51. The Morgan fingerprint density at radius 2 is 2.11 bits per heavy atom. The lowest BCUT2D eigenvalue weighted by molar-refractivity contribution is -0.148. The zero-order valence-electron chi connectivity index (χ0n) is 11.4. The van der Waals surface area contributed by atoms with E-state index in [1.807, 2.05) is 19.1 Å². The molecule has 0 aliphatic carbocycles. The van der Waals surface area contributed by atoms with E-state index in [1.165, 1.54) is 0 Å². The molecule has 0 bridgehead atoms. The molecule has 1 N–H and O–H groups in total. The van der Waals surface area contributed by atoms with Crippen molar-refractivity contribution >= 4 is 23.3 Å². The van der Waals surface area contributed by atoms with Crippen molar-refractivity contribution in [1.29, 1.82) is 0 Å². The summed E-state index contributed by atoms with van der Waals surface area (Å²) in [4.78, 5) is 12.1. The van der Waals surface area contributed by atoms with E-state index in [2.05, 4.69) is 11.9 Å². The average Bonchev–Trinajstić information content (AvgIpc) is 2.39. The van der Waals surface area contributed by atoms with Crippen LogP contribution in [0.1, 0.15) is 26.7 Å². The standard InChI is InChI=1S/C15H20ClNO2/c1-4-6-11-15(3,14(18)19-5-2)17-13-9-7-12(16)8-10-13/h4,7-10,17H,1,5-6,11H2,2-3H3. The van der Waals surface area contributed by atoms with Gasteiger partial charge in [0.1, 0.15) is 5.54 Å². The molecule has 1 unspecified atom stereocenters. The van der Waals surface area contributed by atoms with Gasteiger partial charge in [0, 0.05) is 10.7 Å². The lowest BCUT2D eigenvalue weighted by Crippen LogP contribution is -2.44. The minimum absolute atomic E-state index is 0.258. The first-order chi connectivity index (χ1) is 9.01. The molecule has 0 saturated carbocycles. The number of carbonyl (C=O) groups is 1. The second kappa shape index (κ2) is 7.19. The van der Waals surface area contributed by atoms with Gasteiger partial charge >= 0.3 is 5.97 Å². The molecule has 3 nitrogen and oxygen atoms in total. The van der Waals surface area contributed by atoms with E-state index < -0.39 is 5.54 Å². The van der Waals surface area contributed by atoms with Crippen LogP contribution in [-0.4, -0.2) is 18.1 Å². The molecular formula is C15H20ClNO2. The lowest BCUT2D eigenvalue weighted by atomic mass is 9.95. The van der Waals surface area contributed by atoms with Crippen LogP contribution in [0.3, 0.4) is 0 Å². The van der Waals surface area contributed by atoms with Crippen LogP contribution in [0.15, 0.2) is 36.9 Å². The first-order valence-electron chi connectivity index (χ1n) is 6.33. The molecule has 0 spiro atoms. The fourth-order valence-electron chi connectivity index (χ4n) is 1.75. The van der Waals surface area contributed by atoms with Crippen LogP contribution in [-0.2, 0) is 9.53 Å². The summed E-state index contributed by atoms with van der Waals surface area (Å²) < 4.78 is 5.14. The molecule has 0 fully saturated rings. The summed E-state index contributed by atoms with van der Waals surface area (Å²) in [7, 11) is 0. The third-order valence-corrected chi connectivity index (χ3v) is 3.09. The molecule has 1 rings (SSSR count). The van der Waals surface area contributed by atoms with Gasteiger partial charge in [-0.1, -0.05) is 17.7 Å². The number of benzene rings is 1. The van der Waals surface area contributed by atoms with E-state index in [-0.39, 0.29) is 5.97 Å². The fourth-order valence-corrected chi connectivity index (χ4v) is 1.87. The molecule has 19 heavy (non-hydrogen) atoms. The summed E-state index contributed by atoms with van der Waals surface area (Å²) in [5, 5.41) is 3.88. The number of carbonyl (C=O) groups excluding carboxylic acids is 1. The number of allylic oxidation sites excluding steroid dienone is 1. The van der Waals surface area contributed by atoms with Gasteiger partial charge in [0.2, 0.25) is 0 Å².